The Kier molecular flexibility index (Phi) is 4.55. The van der Waals surface area contributed by atoms with Crippen molar-refractivity contribution in [3.8, 4) is 5.75 Å². The number of hydrogen-bond acceptors (Lipinski definition) is 3. The van der Waals surface area contributed by atoms with Crippen LogP contribution in [0.15, 0.2) is 42.5 Å². The Morgan fingerprint density at radius 1 is 1.05 bits per heavy atom. The molecule has 0 spiro atoms. The van der Waals surface area contributed by atoms with Crippen molar-refractivity contribution in [2.45, 2.75) is 20.8 Å². The topological polar surface area (TPSA) is 35.5 Å². The number of esters is 1. The molecule has 116 valence electrons. The van der Waals surface area contributed by atoms with E-state index in [1.165, 1.54) is 7.11 Å². The zero-order valence-corrected chi connectivity index (χ0v) is 13.8. The number of carbonyl (C=O) groups excluding carboxylic acids is 1. The highest BCUT2D eigenvalue weighted by Crippen LogP contribution is 2.37. The molecular formula is C19H22O3. The van der Waals surface area contributed by atoms with Crippen LogP contribution in [-0.2, 0) is 9.53 Å². The fourth-order valence-electron chi connectivity index (χ4n) is 2.77. The Morgan fingerprint density at radius 2 is 1.68 bits per heavy atom. The highest BCUT2D eigenvalue weighted by atomic mass is 16.5. The van der Waals surface area contributed by atoms with Crippen LogP contribution in [0.2, 0.25) is 0 Å². The summed E-state index contributed by atoms with van der Waals surface area (Å²) in [4.78, 5) is 12.1. The van der Waals surface area contributed by atoms with Crippen molar-refractivity contribution in [2.24, 2.45) is 5.41 Å². The number of benzene rings is 2. The summed E-state index contributed by atoms with van der Waals surface area (Å²) in [7, 11) is 3.08. The molecule has 22 heavy (non-hydrogen) atoms. The number of fused-ring (bicyclic) bond motifs is 1. The molecule has 0 aliphatic carbocycles. The lowest BCUT2D eigenvalue weighted by molar-refractivity contribution is -0.147. The molecule has 0 radical (unpaired) electrons. The molecule has 3 nitrogen and oxygen atoms in total. The summed E-state index contributed by atoms with van der Waals surface area (Å²) in [5, 5.41) is 2.22. The van der Waals surface area contributed by atoms with Gasteiger partial charge in [0.25, 0.3) is 0 Å². The number of hydrogen-bond donors (Lipinski definition) is 0. The Hall–Kier alpha value is -2.29. The van der Waals surface area contributed by atoms with Crippen LogP contribution < -0.4 is 4.74 Å². The van der Waals surface area contributed by atoms with Crippen LogP contribution in [0, 0.1) is 5.41 Å². The summed E-state index contributed by atoms with van der Waals surface area (Å²) in [6.45, 7) is 5.71. The summed E-state index contributed by atoms with van der Waals surface area (Å²) >= 11 is 0. The highest BCUT2D eigenvalue weighted by molar-refractivity contribution is 5.95. The molecule has 0 fully saturated rings. The average molecular weight is 298 g/mol. The summed E-state index contributed by atoms with van der Waals surface area (Å²) in [6.07, 6.45) is 1.97. The minimum Gasteiger partial charge on any atom is -0.497 e. The van der Waals surface area contributed by atoms with Crippen LogP contribution in [0.25, 0.3) is 16.3 Å². The summed E-state index contributed by atoms with van der Waals surface area (Å²) in [5.74, 6) is 0.594. The van der Waals surface area contributed by atoms with Gasteiger partial charge in [0, 0.05) is 0 Å². The van der Waals surface area contributed by atoms with Gasteiger partial charge in [0.1, 0.15) is 5.75 Å². The Bertz CT molecular complexity index is 727. The van der Waals surface area contributed by atoms with E-state index in [0.717, 1.165) is 27.7 Å². The molecule has 3 heteroatoms. The Morgan fingerprint density at radius 3 is 2.27 bits per heavy atom. The summed E-state index contributed by atoms with van der Waals surface area (Å²) < 4.78 is 10.2. The van der Waals surface area contributed by atoms with Crippen LogP contribution in [0.3, 0.4) is 0 Å². The molecule has 0 amide bonds. The van der Waals surface area contributed by atoms with E-state index in [4.69, 9.17) is 9.47 Å². The van der Waals surface area contributed by atoms with Crippen molar-refractivity contribution in [1.29, 1.82) is 0 Å². The highest BCUT2D eigenvalue weighted by Gasteiger charge is 2.33. The Labute approximate surface area is 131 Å². The average Bonchev–Trinajstić information content (AvgIpc) is 2.53. The fourth-order valence-corrected chi connectivity index (χ4v) is 2.77. The molecule has 0 aromatic heterocycles. The van der Waals surface area contributed by atoms with Crippen molar-refractivity contribution >= 4 is 22.3 Å². The lowest BCUT2D eigenvalue weighted by Crippen LogP contribution is -2.27. The van der Waals surface area contributed by atoms with Crippen molar-refractivity contribution in [3.63, 3.8) is 0 Å². The molecule has 0 saturated carbocycles. The monoisotopic (exact) mass is 298 g/mol. The predicted molar refractivity (Wildman–Crippen MR) is 89.9 cm³/mol. The van der Waals surface area contributed by atoms with Crippen molar-refractivity contribution in [3.05, 3.63) is 48.0 Å². The maximum atomic E-state index is 12.1. The molecule has 0 aliphatic rings. The van der Waals surface area contributed by atoms with Gasteiger partial charge in [0.05, 0.1) is 19.6 Å². The molecule has 0 heterocycles. The summed E-state index contributed by atoms with van der Waals surface area (Å²) in [5.41, 5.74) is 1.29. The minimum atomic E-state index is -0.691. The van der Waals surface area contributed by atoms with Gasteiger partial charge in [0.15, 0.2) is 0 Å². The molecule has 2 rings (SSSR count). The van der Waals surface area contributed by atoms with E-state index in [1.807, 2.05) is 57.2 Å². The van der Waals surface area contributed by atoms with E-state index in [0.29, 0.717) is 0 Å². The molecule has 2 aromatic carbocycles. The number of rotatable bonds is 4. The second-order valence-electron chi connectivity index (χ2n) is 5.75. The lowest BCUT2D eigenvalue weighted by Gasteiger charge is -2.25. The smallest absolute Gasteiger partial charge is 0.315 e. The zero-order chi connectivity index (χ0) is 16.3. The molecule has 0 N–H and O–H groups in total. The lowest BCUT2D eigenvalue weighted by atomic mass is 9.79. The van der Waals surface area contributed by atoms with Crippen molar-refractivity contribution in [1.82, 2.24) is 0 Å². The number of methoxy groups -OCH3 is 2. The third-order valence-electron chi connectivity index (χ3n) is 4.02. The SMILES string of the molecule is CC=C(c1ccc2cc(OC)ccc2c1)C(C)(C)C(=O)OC. The first-order valence-electron chi connectivity index (χ1n) is 7.27. The van der Waals surface area contributed by atoms with Gasteiger partial charge in [-0.25, -0.2) is 0 Å². The molecule has 0 unspecified atom stereocenters. The van der Waals surface area contributed by atoms with Crippen LogP contribution in [-0.4, -0.2) is 20.2 Å². The fraction of sp³-hybridized carbons (Fsp3) is 0.316. The first-order valence-corrected chi connectivity index (χ1v) is 7.27. The van der Waals surface area contributed by atoms with E-state index in [-0.39, 0.29) is 5.97 Å². The predicted octanol–water partition coefficient (Wildman–Crippen LogP) is 4.45. The standard InChI is InChI=1S/C19H22O3/c1-6-17(19(2,3)18(20)22-5)15-8-7-14-12-16(21-4)10-9-13(14)11-15/h6-12H,1-5H3. The number of carbonyl (C=O) groups is 1. The molecule has 0 aliphatic heterocycles. The van der Waals surface area contributed by atoms with E-state index in [1.54, 1.807) is 7.11 Å². The first-order chi connectivity index (χ1) is 10.4. The van der Waals surface area contributed by atoms with E-state index in [2.05, 4.69) is 6.07 Å². The third-order valence-corrected chi connectivity index (χ3v) is 4.02. The van der Waals surface area contributed by atoms with E-state index < -0.39 is 5.41 Å². The largest absolute Gasteiger partial charge is 0.497 e. The van der Waals surface area contributed by atoms with Crippen molar-refractivity contribution in [2.75, 3.05) is 14.2 Å². The van der Waals surface area contributed by atoms with Gasteiger partial charge in [-0.05, 0) is 60.9 Å². The van der Waals surface area contributed by atoms with Crippen LogP contribution in [0.4, 0.5) is 0 Å². The van der Waals surface area contributed by atoms with Gasteiger partial charge in [-0.2, -0.15) is 0 Å². The van der Waals surface area contributed by atoms with Crippen LogP contribution >= 0.6 is 0 Å². The van der Waals surface area contributed by atoms with Crippen molar-refractivity contribution < 1.29 is 14.3 Å². The first kappa shape index (κ1) is 16.1. The van der Waals surface area contributed by atoms with Gasteiger partial charge >= 0.3 is 5.97 Å². The maximum Gasteiger partial charge on any atom is 0.315 e. The minimum absolute atomic E-state index is 0.240. The molecule has 0 saturated heterocycles. The van der Waals surface area contributed by atoms with E-state index in [9.17, 15) is 4.79 Å². The second kappa shape index (κ2) is 6.22. The molecule has 0 atom stereocenters. The van der Waals surface area contributed by atoms with Gasteiger partial charge in [-0.3, -0.25) is 4.79 Å². The summed E-state index contributed by atoms with van der Waals surface area (Å²) in [6, 6.07) is 12.1. The quantitative estimate of drug-likeness (QED) is 0.782. The molecule has 2 aromatic rings. The van der Waals surface area contributed by atoms with Gasteiger partial charge < -0.3 is 9.47 Å². The number of ether oxygens (including phenoxy) is 2. The number of allylic oxidation sites excluding steroid dienone is 1. The van der Waals surface area contributed by atoms with E-state index >= 15 is 0 Å². The van der Waals surface area contributed by atoms with Crippen LogP contribution in [0.1, 0.15) is 26.3 Å². The second-order valence-corrected chi connectivity index (χ2v) is 5.75. The zero-order valence-electron chi connectivity index (χ0n) is 13.8. The van der Waals surface area contributed by atoms with Gasteiger partial charge in [0.2, 0.25) is 0 Å². The third kappa shape index (κ3) is 2.84. The Balaban J connectivity index is 2.51. The van der Waals surface area contributed by atoms with Gasteiger partial charge in [-0.15, -0.1) is 0 Å². The molecule has 0 bridgehead atoms. The molecular weight excluding hydrogens is 276 g/mol. The normalized spacial score (nSPS) is 12.3. The van der Waals surface area contributed by atoms with Crippen LogP contribution in [0.5, 0.6) is 5.75 Å². The van der Waals surface area contributed by atoms with Gasteiger partial charge in [-0.1, -0.05) is 24.3 Å². The maximum absolute atomic E-state index is 12.1.